The number of hydrogen-bond donors (Lipinski definition) is 1. The highest BCUT2D eigenvalue weighted by atomic mass is 35.5. The zero-order valence-electron chi connectivity index (χ0n) is 79.8. The van der Waals surface area contributed by atoms with E-state index in [1.165, 1.54) is 83.5 Å². The summed E-state index contributed by atoms with van der Waals surface area (Å²) in [7, 11) is 0. The molecule has 0 aliphatic heterocycles. The Kier molecular flexibility index (Phi) is 42.7. The number of hydrogen-bond acceptors (Lipinski definition) is 1. The Morgan fingerprint density at radius 3 is 0.836 bits per heavy atom. The Morgan fingerprint density at radius 2 is 0.534 bits per heavy atom. The second-order valence-electron chi connectivity index (χ2n) is 41.6. The van der Waals surface area contributed by atoms with E-state index in [9.17, 15) is 4.39 Å². The van der Waals surface area contributed by atoms with E-state index in [1.807, 2.05) is 89.2 Å². The summed E-state index contributed by atoms with van der Waals surface area (Å²) < 4.78 is 13.3. The Balaban J connectivity index is 0.000000645. The summed E-state index contributed by atoms with van der Waals surface area (Å²) in [5, 5.41) is 12.3. The molecular formula is C110H155Cl4FO. The quantitative estimate of drug-likeness (QED) is 0.174. The van der Waals surface area contributed by atoms with Gasteiger partial charge in [-0.2, -0.15) is 0 Å². The molecule has 0 fully saturated rings. The molecule has 0 spiro atoms. The first-order valence-corrected chi connectivity index (χ1v) is 42.9. The van der Waals surface area contributed by atoms with Gasteiger partial charge in [-0.1, -0.05) is 464 Å². The minimum atomic E-state index is -0.0994. The number of benzene rings is 10. The normalized spacial score (nSPS) is 11.7. The lowest BCUT2D eigenvalue weighted by molar-refractivity contribution is 0.278. The Morgan fingerprint density at radius 1 is 0.224 bits per heavy atom. The van der Waals surface area contributed by atoms with Crippen LogP contribution in [0.25, 0.3) is 0 Å². The highest BCUT2D eigenvalue weighted by molar-refractivity contribution is 6.36. The van der Waals surface area contributed by atoms with Crippen LogP contribution >= 0.6 is 46.4 Å². The van der Waals surface area contributed by atoms with Gasteiger partial charge in [0.25, 0.3) is 0 Å². The van der Waals surface area contributed by atoms with Crippen LogP contribution in [0.3, 0.4) is 0 Å². The molecule has 0 saturated heterocycles. The zero-order chi connectivity index (χ0) is 89.9. The van der Waals surface area contributed by atoms with Crippen molar-refractivity contribution in [2.45, 2.75) is 331 Å². The van der Waals surface area contributed by atoms with Gasteiger partial charge in [-0.15, -0.1) is 0 Å². The van der Waals surface area contributed by atoms with Crippen LogP contribution in [-0.4, -0.2) is 5.11 Å². The van der Waals surface area contributed by atoms with E-state index < -0.39 is 0 Å². The molecular weight excluding hydrogens is 1500 g/mol. The van der Waals surface area contributed by atoms with Gasteiger partial charge in [0.15, 0.2) is 0 Å². The molecule has 0 aliphatic rings. The molecule has 10 aromatic rings. The minimum absolute atomic E-state index is 0.00935. The molecule has 6 heteroatoms. The maximum Gasteiger partial charge on any atom is 0.127 e. The molecule has 10 rings (SSSR count). The topological polar surface area (TPSA) is 20.2 Å². The van der Waals surface area contributed by atoms with Crippen molar-refractivity contribution in [1.82, 2.24) is 0 Å². The predicted molar refractivity (Wildman–Crippen MR) is 520 cm³/mol. The van der Waals surface area contributed by atoms with Crippen molar-refractivity contribution >= 4 is 46.4 Å². The van der Waals surface area contributed by atoms with Gasteiger partial charge < -0.3 is 5.11 Å². The molecule has 0 bridgehead atoms. The molecule has 0 amide bonds. The fourth-order valence-corrected chi connectivity index (χ4v) is 13.7. The fraction of sp³-hybridized carbons (Fsp3) is 0.455. The second kappa shape index (κ2) is 46.2. The molecule has 0 saturated carbocycles. The molecule has 0 aromatic heterocycles. The van der Waals surface area contributed by atoms with E-state index in [-0.39, 0.29) is 66.6 Å². The molecule has 0 unspecified atom stereocenters. The third-order valence-corrected chi connectivity index (χ3v) is 20.8. The van der Waals surface area contributed by atoms with E-state index in [4.69, 9.17) is 51.5 Å². The largest absolute Gasteiger partial charge is 0.392 e. The summed E-state index contributed by atoms with van der Waals surface area (Å²) in [5.41, 5.74) is 26.9. The summed E-state index contributed by atoms with van der Waals surface area (Å²) in [5.74, 6) is -0.0949. The average molecular weight is 1650 g/mol. The number of aliphatic hydroxyl groups is 1. The van der Waals surface area contributed by atoms with Crippen molar-refractivity contribution < 1.29 is 9.50 Å². The summed E-state index contributed by atoms with van der Waals surface area (Å²) in [6.45, 7) is 84.4. The predicted octanol–water partition coefficient (Wildman–Crippen LogP) is 34.9. The minimum Gasteiger partial charge on any atom is -0.392 e. The Labute approximate surface area is 730 Å². The van der Waals surface area contributed by atoms with E-state index in [0.717, 1.165) is 47.9 Å². The van der Waals surface area contributed by atoms with E-state index in [0.29, 0.717) is 0 Å². The first-order chi connectivity index (χ1) is 52.6. The van der Waals surface area contributed by atoms with Crippen LogP contribution < -0.4 is 0 Å². The molecule has 1 nitrogen and oxygen atoms in total. The smallest absolute Gasteiger partial charge is 0.127 e. The lowest BCUT2D eigenvalue weighted by Gasteiger charge is -2.22. The number of aryl methyl sites for hydroxylation is 9. The molecule has 116 heavy (non-hydrogen) atoms. The third-order valence-electron chi connectivity index (χ3n) is 19.4. The fourth-order valence-electron chi connectivity index (χ4n) is 12.0. The van der Waals surface area contributed by atoms with Gasteiger partial charge in [-0.3, -0.25) is 0 Å². The van der Waals surface area contributed by atoms with Crippen LogP contribution in [0.4, 0.5) is 4.39 Å². The van der Waals surface area contributed by atoms with Crippen LogP contribution in [-0.2, 0) is 60.8 Å². The van der Waals surface area contributed by atoms with E-state index in [1.54, 1.807) is 6.07 Å². The molecule has 636 valence electrons. The Bertz CT molecular complexity index is 4360. The van der Waals surface area contributed by atoms with E-state index >= 15 is 0 Å². The van der Waals surface area contributed by atoms with E-state index in [2.05, 4.69) is 387 Å². The SMILES string of the molecule is CC(C)(C)c1c(Cl)cccc1Cl.CC(C)(C)c1ccccc1CO.Cc1ccc(C(C)(C)C)c(Cl)c1.Cc1ccc(C(C)(C)C)c(F)c1.Cc1ccc(C(C)(C)C)cc1.Cc1ccc(C(C)(C)C)cc1.Cc1ccc(C(C)(C)C)cc1Cl.Cc1ccc(C)c(C(C)(C)C)c1.Cc1cccc(C(C)(C)C)c1.Cc1cccc(C(C)(C)C)c1. The number of aliphatic hydroxyl groups excluding tert-OH is 1. The van der Waals surface area contributed by atoms with Crippen LogP contribution in [0.15, 0.2) is 212 Å². The maximum atomic E-state index is 13.3. The maximum absolute atomic E-state index is 13.3. The van der Waals surface area contributed by atoms with Crippen LogP contribution in [0, 0.1) is 68.1 Å². The third kappa shape index (κ3) is 40.8. The molecule has 0 heterocycles. The van der Waals surface area contributed by atoms with Gasteiger partial charge in [0, 0.05) is 20.1 Å². The molecule has 0 atom stereocenters. The van der Waals surface area contributed by atoms with Crippen molar-refractivity contribution in [3.63, 3.8) is 0 Å². The van der Waals surface area contributed by atoms with Gasteiger partial charge in [-0.05, 0) is 230 Å². The highest BCUT2D eigenvalue weighted by Gasteiger charge is 2.23. The van der Waals surface area contributed by atoms with Crippen LogP contribution in [0.2, 0.25) is 20.1 Å². The Hall–Kier alpha value is -6.75. The van der Waals surface area contributed by atoms with Crippen LogP contribution in [0.1, 0.15) is 319 Å². The standard InChI is InChI=1S/C12H18.2C11H15Cl.C11H15F.C11H16O.4C11H16.C10H12Cl2/c1-9-6-7-10(2)11(8-9)12(3,4)5;1-8-5-6-9(7-10(8)12)11(2,3)4;2*1-8-5-6-9(10(12)7-8)11(2,3)4;1-11(2,3)10-7-5-4-6-9(10)8-12;2*1-9-5-7-10(8-6-9)11(2,3)4;2*1-9-6-5-7-10(8-9)11(2,3)4;1-10(2,3)9-7(11)5-4-6-8(9)12/h6-8H,1-5H3;3*5-7H,1-4H3;4-7,12H,8H2,1-3H3;4*5-8H,1-4H3;4-6H,1-3H3. The highest BCUT2D eigenvalue weighted by Crippen LogP contribution is 2.37. The average Bonchev–Trinajstić information content (AvgIpc) is 0.831. The summed E-state index contributed by atoms with van der Waals surface area (Å²) in [6, 6.07) is 73.0. The van der Waals surface area contributed by atoms with Crippen molar-refractivity contribution in [1.29, 1.82) is 0 Å². The second-order valence-corrected chi connectivity index (χ2v) is 43.3. The lowest BCUT2D eigenvalue weighted by atomic mass is 9.83. The van der Waals surface area contributed by atoms with Crippen molar-refractivity contribution in [2.75, 3.05) is 0 Å². The zero-order valence-corrected chi connectivity index (χ0v) is 82.8. The monoisotopic (exact) mass is 1650 g/mol. The molecule has 10 aromatic carbocycles. The molecule has 1 N–H and O–H groups in total. The van der Waals surface area contributed by atoms with Gasteiger partial charge in [0.05, 0.1) is 6.61 Å². The lowest BCUT2D eigenvalue weighted by Crippen LogP contribution is -2.13. The summed E-state index contributed by atoms with van der Waals surface area (Å²) >= 11 is 24.2. The van der Waals surface area contributed by atoms with Gasteiger partial charge >= 0.3 is 0 Å². The first kappa shape index (κ1) is 107. The number of halogens is 5. The number of rotatable bonds is 1. The molecule has 0 radical (unpaired) electrons. The molecule has 0 aliphatic carbocycles. The van der Waals surface area contributed by atoms with Crippen LogP contribution in [0.5, 0.6) is 0 Å². The van der Waals surface area contributed by atoms with Crippen molar-refractivity contribution in [3.05, 3.63) is 349 Å². The van der Waals surface area contributed by atoms with Crippen molar-refractivity contribution in [3.8, 4) is 0 Å². The van der Waals surface area contributed by atoms with Crippen molar-refractivity contribution in [2.24, 2.45) is 0 Å². The van der Waals surface area contributed by atoms with Gasteiger partial charge in [0.1, 0.15) is 5.82 Å². The van der Waals surface area contributed by atoms with Gasteiger partial charge in [-0.25, -0.2) is 4.39 Å². The van der Waals surface area contributed by atoms with Gasteiger partial charge in [0.2, 0.25) is 0 Å². The first-order valence-electron chi connectivity index (χ1n) is 41.4. The summed E-state index contributed by atoms with van der Waals surface area (Å²) in [4.78, 5) is 0. The summed E-state index contributed by atoms with van der Waals surface area (Å²) in [6.07, 6.45) is 0.